The van der Waals surface area contributed by atoms with Gasteiger partial charge in [0, 0.05) is 33.7 Å². The van der Waals surface area contributed by atoms with Crippen LogP contribution in [-0.2, 0) is 11.5 Å². The molecule has 3 nitrogen and oxygen atoms in total. The first-order valence-corrected chi connectivity index (χ1v) is 9.11. The number of halogens is 1. The van der Waals surface area contributed by atoms with Crippen molar-refractivity contribution in [3.63, 3.8) is 0 Å². The van der Waals surface area contributed by atoms with Gasteiger partial charge in [-0.3, -0.25) is 0 Å². The van der Waals surface area contributed by atoms with E-state index in [1.807, 2.05) is 17.8 Å². The van der Waals surface area contributed by atoms with Gasteiger partial charge >= 0.3 is 0 Å². The molecule has 1 aromatic carbocycles. The molecule has 1 aliphatic heterocycles. The van der Waals surface area contributed by atoms with E-state index in [-0.39, 0.29) is 0 Å². The molecule has 0 aliphatic carbocycles. The van der Waals surface area contributed by atoms with Crippen LogP contribution < -0.4 is 5.32 Å². The predicted octanol–water partition coefficient (Wildman–Crippen LogP) is 4.78. The number of nitrogens with one attached hydrogen (secondary N) is 1. The highest BCUT2D eigenvalue weighted by Gasteiger charge is 2.20. The molecule has 0 saturated carbocycles. The summed E-state index contributed by atoms with van der Waals surface area (Å²) >= 11 is 5.42. The van der Waals surface area contributed by atoms with Crippen LogP contribution in [0, 0.1) is 6.92 Å². The lowest BCUT2D eigenvalue weighted by Gasteiger charge is -2.12. The van der Waals surface area contributed by atoms with Gasteiger partial charge in [0.25, 0.3) is 0 Å². The van der Waals surface area contributed by atoms with Crippen molar-refractivity contribution in [1.29, 1.82) is 0 Å². The number of aryl methyl sites for hydroxylation is 1. The van der Waals surface area contributed by atoms with Crippen molar-refractivity contribution < 1.29 is 0 Å². The molecule has 2 aromatic rings. The standard InChI is InChI=1S/C16H18BrN3S/c1-3-6-18-15-13-8-21-9-14(13)19-16(20-15)12-5-4-11(17)7-10(12)2/h4-5,7H,3,6,8-9H2,1-2H3,(H,18,19,20). The molecule has 0 spiro atoms. The summed E-state index contributed by atoms with van der Waals surface area (Å²) in [6.45, 7) is 5.22. The third-order valence-corrected chi connectivity index (χ3v) is 5.01. The minimum absolute atomic E-state index is 0.833. The van der Waals surface area contributed by atoms with E-state index in [4.69, 9.17) is 9.97 Å². The second-order valence-corrected chi connectivity index (χ2v) is 7.10. The maximum absolute atomic E-state index is 4.80. The smallest absolute Gasteiger partial charge is 0.162 e. The zero-order chi connectivity index (χ0) is 14.8. The Morgan fingerprint density at radius 1 is 1.29 bits per heavy atom. The van der Waals surface area contributed by atoms with Gasteiger partial charge in [-0.1, -0.05) is 22.9 Å². The lowest BCUT2D eigenvalue weighted by molar-refractivity contribution is 0.955. The first kappa shape index (κ1) is 14.9. The average molecular weight is 364 g/mol. The molecule has 2 heterocycles. The Morgan fingerprint density at radius 3 is 2.90 bits per heavy atom. The molecule has 1 N–H and O–H groups in total. The summed E-state index contributed by atoms with van der Waals surface area (Å²) < 4.78 is 1.09. The zero-order valence-corrected chi connectivity index (χ0v) is 14.6. The molecule has 0 bridgehead atoms. The van der Waals surface area contributed by atoms with Gasteiger partial charge in [0.2, 0.25) is 0 Å². The third-order valence-electron chi connectivity index (χ3n) is 3.55. The Balaban J connectivity index is 2.06. The molecule has 21 heavy (non-hydrogen) atoms. The summed E-state index contributed by atoms with van der Waals surface area (Å²) in [6, 6.07) is 6.25. The number of hydrogen-bond donors (Lipinski definition) is 1. The number of hydrogen-bond acceptors (Lipinski definition) is 4. The first-order chi connectivity index (χ1) is 10.2. The zero-order valence-electron chi connectivity index (χ0n) is 12.2. The molecule has 0 unspecified atom stereocenters. The molecule has 0 saturated heterocycles. The quantitative estimate of drug-likeness (QED) is 0.847. The van der Waals surface area contributed by atoms with Gasteiger partial charge in [0.05, 0.1) is 5.69 Å². The topological polar surface area (TPSA) is 37.8 Å². The Labute approximate surface area is 138 Å². The van der Waals surface area contributed by atoms with Gasteiger partial charge in [-0.05, 0) is 37.1 Å². The second-order valence-electron chi connectivity index (χ2n) is 5.20. The molecule has 0 radical (unpaired) electrons. The summed E-state index contributed by atoms with van der Waals surface area (Å²) in [6.07, 6.45) is 1.10. The van der Waals surface area contributed by atoms with Crippen LogP contribution >= 0.6 is 27.7 Å². The van der Waals surface area contributed by atoms with E-state index in [0.29, 0.717) is 0 Å². The monoisotopic (exact) mass is 363 g/mol. The fourth-order valence-corrected chi connectivity index (χ4v) is 3.96. The second kappa shape index (κ2) is 6.36. The van der Waals surface area contributed by atoms with Gasteiger partial charge < -0.3 is 5.32 Å². The third kappa shape index (κ3) is 3.09. The number of aromatic nitrogens is 2. The maximum Gasteiger partial charge on any atom is 0.162 e. The van der Waals surface area contributed by atoms with Crippen LogP contribution in [0.15, 0.2) is 22.7 Å². The van der Waals surface area contributed by atoms with Gasteiger partial charge in [0.15, 0.2) is 5.82 Å². The first-order valence-electron chi connectivity index (χ1n) is 7.17. The van der Waals surface area contributed by atoms with E-state index < -0.39 is 0 Å². The molecule has 1 aliphatic rings. The predicted molar refractivity (Wildman–Crippen MR) is 93.7 cm³/mol. The van der Waals surface area contributed by atoms with Crippen molar-refractivity contribution in [2.45, 2.75) is 31.8 Å². The minimum atomic E-state index is 0.833. The Bertz CT molecular complexity index is 673. The average Bonchev–Trinajstić information content (AvgIpc) is 2.93. The number of anilines is 1. The Hall–Kier alpha value is -1.07. The number of thioether (sulfide) groups is 1. The highest BCUT2D eigenvalue weighted by molar-refractivity contribution is 9.10. The summed E-state index contributed by atoms with van der Waals surface area (Å²) in [5.74, 6) is 3.85. The van der Waals surface area contributed by atoms with Crippen molar-refractivity contribution in [3.8, 4) is 11.4 Å². The van der Waals surface area contributed by atoms with Gasteiger partial charge in [-0.25, -0.2) is 9.97 Å². The number of nitrogens with zero attached hydrogens (tertiary/aromatic N) is 2. The number of rotatable bonds is 4. The lowest BCUT2D eigenvalue weighted by Crippen LogP contribution is -2.08. The van der Waals surface area contributed by atoms with Crippen molar-refractivity contribution >= 4 is 33.5 Å². The fourth-order valence-electron chi connectivity index (χ4n) is 2.44. The van der Waals surface area contributed by atoms with E-state index in [0.717, 1.165) is 46.1 Å². The van der Waals surface area contributed by atoms with Crippen LogP contribution in [-0.4, -0.2) is 16.5 Å². The minimum Gasteiger partial charge on any atom is -0.370 e. The van der Waals surface area contributed by atoms with Gasteiger partial charge in [-0.15, -0.1) is 0 Å². The Kier molecular flexibility index (Phi) is 4.50. The van der Waals surface area contributed by atoms with E-state index >= 15 is 0 Å². The van der Waals surface area contributed by atoms with Crippen LogP contribution in [0.1, 0.15) is 30.2 Å². The molecule has 110 valence electrons. The van der Waals surface area contributed by atoms with Gasteiger partial charge in [-0.2, -0.15) is 11.8 Å². The van der Waals surface area contributed by atoms with Crippen LogP contribution in [0.25, 0.3) is 11.4 Å². The normalized spacial score (nSPS) is 13.3. The maximum atomic E-state index is 4.80. The largest absolute Gasteiger partial charge is 0.370 e. The lowest BCUT2D eigenvalue weighted by atomic mass is 10.1. The van der Waals surface area contributed by atoms with Crippen LogP contribution in [0.5, 0.6) is 0 Å². The molecule has 0 atom stereocenters. The molecule has 3 rings (SSSR count). The highest BCUT2D eigenvalue weighted by Crippen LogP contribution is 2.35. The summed E-state index contributed by atoms with van der Waals surface area (Å²) in [5.41, 5.74) is 4.77. The van der Waals surface area contributed by atoms with Crippen molar-refractivity contribution in [2.75, 3.05) is 11.9 Å². The molecule has 0 amide bonds. The molecule has 1 aromatic heterocycles. The molecule has 0 fully saturated rings. The van der Waals surface area contributed by atoms with E-state index in [1.165, 1.54) is 16.8 Å². The van der Waals surface area contributed by atoms with Crippen LogP contribution in [0.2, 0.25) is 0 Å². The van der Waals surface area contributed by atoms with Crippen molar-refractivity contribution in [1.82, 2.24) is 9.97 Å². The van der Waals surface area contributed by atoms with Gasteiger partial charge in [0.1, 0.15) is 5.82 Å². The SMILES string of the molecule is CCCNc1nc(-c2ccc(Br)cc2C)nc2c1CSC2. The summed E-state index contributed by atoms with van der Waals surface area (Å²) in [5, 5.41) is 3.46. The van der Waals surface area contributed by atoms with Crippen molar-refractivity contribution in [3.05, 3.63) is 39.5 Å². The van der Waals surface area contributed by atoms with Crippen LogP contribution in [0.4, 0.5) is 5.82 Å². The van der Waals surface area contributed by atoms with E-state index in [1.54, 1.807) is 0 Å². The summed E-state index contributed by atoms with van der Waals surface area (Å²) in [4.78, 5) is 9.59. The highest BCUT2D eigenvalue weighted by atomic mass is 79.9. The molecule has 5 heteroatoms. The number of benzene rings is 1. The Morgan fingerprint density at radius 2 is 2.14 bits per heavy atom. The number of fused-ring (bicyclic) bond motifs is 1. The molecular formula is C16H18BrN3S. The fraction of sp³-hybridized carbons (Fsp3) is 0.375. The van der Waals surface area contributed by atoms with E-state index in [2.05, 4.69) is 47.2 Å². The molecular weight excluding hydrogens is 346 g/mol. The van der Waals surface area contributed by atoms with Crippen LogP contribution in [0.3, 0.4) is 0 Å². The summed E-state index contributed by atoms with van der Waals surface area (Å²) in [7, 11) is 0. The van der Waals surface area contributed by atoms with Crippen molar-refractivity contribution in [2.24, 2.45) is 0 Å². The van der Waals surface area contributed by atoms with E-state index in [9.17, 15) is 0 Å².